The zero-order chi connectivity index (χ0) is 18.8. The summed E-state index contributed by atoms with van der Waals surface area (Å²) in [7, 11) is 0. The second-order valence-corrected chi connectivity index (χ2v) is 8.70. The highest BCUT2D eigenvalue weighted by atomic mass is 16.4. The molecule has 0 radical (unpaired) electrons. The number of carbonyl (C=O) groups is 1. The second kappa shape index (κ2) is 8.13. The van der Waals surface area contributed by atoms with Gasteiger partial charge in [-0.15, -0.1) is 0 Å². The number of aromatic carboxylic acids is 1. The molecule has 0 unspecified atom stereocenters. The molecule has 0 aromatic carbocycles. The molecule has 6 heteroatoms. The van der Waals surface area contributed by atoms with Crippen molar-refractivity contribution in [2.24, 2.45) is 11.8 Å². The summed E-state index contributed by atoms with van der Waals surface area (Å²) in [4.78, 5) is 24.7. The van der Waals surface area contributed by atoms with Crippen molar-refractivity contribution >= 4 is 11.8 Å². The maximum atomic E-state index is 11.1. The lowest BCUT2D eigenvalue weighted by atomic mass is 9.81. The first-order valence-electron chi connectivity index (χ1n) is 10.7. The van der Waals surface area contributed by atoms with E-state index in [2.05, 4.69) is 19.8 Å². The molecule has 1 aromatic heterocycles. The van der Waals surface area contributed by atoms with E-state index in [1.165, 1.54) is 64.5 Å². The van der Waals surface area contributed by atoms with Crippen LogP contribution >= 0.6 is 0 Å². The number of carboxylic acids is 1. The number of likely N-dealkylation sites (tertiary alicyclic amines) is 1. The fourth-order valence-electron chi connectivity index (χ4n) is 5.01. The monoisotopic (exact) mass is 372 g/mol. The van der Waals surface area contributed by atoms with Crippen LogP contribution in [0, 0.1) is 18.8 Å². The molecule has 1 aliphatic carbocycles. The normalized spacial score (nSPS) is 23.4. The summed E-state index contributed by atoms with van der Waals surface area (Å²) < 4.78 is 0. The summed E-state index contributed by atoms with van der Waals surface area (Å²) >= 11 is 0. The molecule has 3 heterocycles. The van der Waals surface area contributed by atoms with Gasteiger partial charge in [-0.2, -0.15) is 0 Å². The maximum absolute atomic E-state index is 11.1. The Labute approximate surface area is 162 Å². The van der Waals surface area contributed by atoms with Crippen LogP contribution in [0.15, 0.2) is 6.20 Å². The number of carboxylic acid groups (broad SMARTS) is 1. The predicted octanol–water partition coefficient (Wildman–Crippen LogP) is 3.35. The quantitative estimate of drug-likeness (QED) is 0.855. The first kappa shape index (κ1) is 18.7. The third kappa shape index (κ3) is 4.26. The van der Waals surface area contributed by atoms with Gasteiger partial charge in [0.05, 0.1) is 11.9 Å². The van der Waals surface area contributed by atoms with Gasteiger partial charge in [0, 0.05) is 19.1 Å². The molecular weight excluding hydrogens is 340 g/mol. The standard InChI is InChI=1S/C21H32N4O2/c1-15-20(21(26)27)22-14-19(23-15)25-11-7-17(8-12-25)13-16-5-9-24(10-6-16)18-3-2-4-18/h14,16-18H,2-13H2,1H3,(H,26,27). The zero-order valence-corrected chi connectivity index (χ0v) is 16.4. The topological polar surface area (TPSA) is 69.6 Å². The molecule has 2 aliphatic heterocycles. The molecule has 27 heavy (non-hydrogen) atoms. The number of aryl methyl sites for hydroxylation is 1. The smallest absolute Gasteiger partial charge is 0.356 e. The van der Waals surface area contributed by atoms with Crippen molar-refractivity contribution < 1.29 is 9.90 Å². The van der Waals surface area contributed by atoms with Crippen LogP contribution in [0.5, 0.6) is 0 Å². The van der Waals surface area contributed by atoms with E-state index in [1.807, 2.05) is 0 Å². The van der Waals surface area contributed by atoms with Crippen LogP contribution in [0.25, 0.3) is 0 Å². The van der Waals surface area contributed by atoms with Crippen molar-refractivity contribution in [1.82, 2.24) is 14.9 Å². The van der Waals surface area contributed by atoms with Gasteiger partial charge >= 0.3 is 5.97 Å². The lowest BCUT2D eigenvalue weighted by Crippen LogP contribution is -2.45. The lowest BCUT2D eigenvalue weighted by Gasteiger charge is -2.42. The third-order valence-electron chi connectivity index (χ3n) is 6.98. The van der Waals surface area contributed by atoms with E-state index in [4.69, 9.17) is 5.11 Å². The molecule has 4 rings (SSSR count). The Kier molecular flexibility index (Phi) is 5.62. The van der Waals surface area contributed by atoms with Crippen LogP contribution in [0.2, 0.25) is 0 Å². The summed E-state index contributed by atoms with van der Waals surface area (Å²) in [6.07, 6.45) is 12.5. The van der Waals surface area contributed by atoms with Gasteiger partial charge in [-0.3, -0.25) is 0 Å². The van der Waals surface area contributed by atoms with Gasteiger partial charge in [0.15, 0.2) is 5.69 Å². The van der Waals surface area contributed by atoms with Crippen molar-refractivity contribution in [3.63, 3.8) is 0 Å². The molecule has 3 fully saturated rings. The zero-order valence-electron chi connectivity index (χ0n) is 16.4. The Bertz CT molecular complexity index is 660. The molecule has 1 aromatic rings. The molecule has 0 amide bonds. The number of piperidine rings is 2. The first-order chi connectivity index (χ1) is 13.1. The molecule has 6 nitrogen and oxygen atoms in total. The van der Waals surface area contributed by atoms with Crippen LogP contribution in [-0.2, 0) is 0 Å². The largest absolute Gasteiger partial charge is 0.476 e. The van der Waals surface area contributed by atoms with E-state index in [0.29, 0.717) is 5.69 Å². The first-order valence-corrected chi connectivity index (χ1v) is 10.7. The Morgan fingerprint density at radius 2 is 1.70 bits per heavy atom. The lowest BCUT2D eigenvalue weighted by molar-refractivity contribution is 0.0689. The van der Waals surface area contributed by atoms with Crippen LogP contribution in [0.1, 0.15) is 67.5 Å². The predicted molar refractivity (Wildman–Crippen MR) is 105 cm³/mol. The molecule has 0 bridgehead atoms. The summed E-state index contributed by atoms with van der Waals surface area (Å²) in [5.41, 5.74) is 0.558. The van der Waals surface area contributed by atoms with E-state index in [1.54, 1.807) is 13.1 Å². The van der Waals surface area contributed by atoms with Gasteiger partial charge in [0.1, 0.15) is 5.82 Å². The van der Waals surface area contributed by atoms with Crippen LogP contribution in [-0.4, -0.2) is 58.2 Å². The number of hydrogen-bond acceptors (Lipinski definition) is 5. The SMILES string of the molecule is Cc1nc(N2CCC(CC3CCN(C4CCC4)CC3)CC2)cnc1C(=O)O. The van der Waals surface area contributed by atoms with Crippen LogP contribution in [0.3, 0.4) is 0 Å². The van der Waals surface area contributed by atoms with Crippen LogP contribution < -0.4 is 4.90 Å². The van der Waals surface area contributed by atoms with Crippen molar-refractivity contribution in [1.29, 1.82) is 0 Å². The molecule has 148 valence electrons. The van der Waals surface area contributed by atoms with Gasteiger partial charge in [0.2, 0.25) is 0 Å². The van der Waals surface area contributed by atoms with Crippen LogP contribution in [0.4, 0.5) is 5.82 Å². The van der Waals surface area contributed by atoms with Gasteiger partial charge in [-0.25, -0.2) is 14.8 Å². The fraction of sp³-hybridized carbons (Fsp3) is 0.762. The highest BCUT2D eigenvalue weighted by Crippen LogP contribution is 2.34. The number of aromatic nitrogens is 2. The van der Waals surface area contributed by atoms with E-state index >= 15 is 0 Å². The summed E-state index contributed by atoms with van der Waals surface area (Å²) in [6.45, 7) is 6.37. The minimum Gasteiger partial charge on any atom is -0.476 e. The minimum absolute atomic E-state index is 0.0573. The molecule has 2 saturated heterocycles. The molecule has 1 saturated carbocycles. The van der Waals surface area contributed by atoms with Gasteiger partial charge in [-0.05, 0) is 76.8 Å². The van der Waals surface area contributed by atoms with E-state index < -0.39 is 5.97 Å². The Morgan fingerprint density at radius 1 is 1.07 bits per heavy atom. The number of nitrogens with zero attached hydrogens (tertiary/aromatic N) is 4. The Hall–Kier alpha value is -1.69. The number of anilines is 1. The molecule has 0 atom stereocenters. The Balaban J connectivity index is 1.23. The van der Waals surface area contributed by atoms with Gasteiger partial charge < -0.3 is 14.9 Å². The fourth-order valence-corrected chi connectivity index (χ4v) is 5.01. The van der Waals surface area contributed by atoms with Crippen molar-refractivity contribution in [2.45, 2.75) is 64.3 Å². The number of rotatable bonds is 5. The van der Waals surface area contributed by atoms with E-state index in [-0.39, 0.29) is 5.69 Å². The summed E-state index contributed by atoms with van der Waals surface area (Å²) in [6, 6.07) is 0.909. The summed E-state index contributed by atoms with van der Waals surface area (Å²) in [5, 5.41) is 9.10. The maximum Gasteiger partial charge on any atom is 0.356 e. The van der Waals surface area contributed by atoms with Crippen molar-refractivity contribution in [2.75, 3.05) is 31.1 Å². The second-order valence-electron chi connectivity index (χ2n) is 8.70. The minimum atomic E-state index is -1.01. The highest BCUT2D eigenvalue weighted by molar-refractivity contribution is 5.86. The molecule has 1 N–H and O–H groups in total. The highest BCUT2D eigenvalue weighted by Gasteiger charge is 2.30. The average Bonchev–Trinajstić information content (AvgIpc) is 2.62. The van der Waals surface area contributed by atoms with E-state index in [0.717, 1.165) is 36.8 Å². The molecular formula is C21H32N4O2. The van der Waals surface area contributed by atoms with E-state index in [9.17, 15) is 4.79 Å². The van der Waals surface area contributed by atoms with Crippen molar-refractivity contribution in [3.05, 3.63) is 17.6 Å². The Morgan fingerprint density at radius 3 is 2.22 bits per heavy atom. The number of hydrogen-bond donors (Lipinski definition) is 1. The van der Waals surface area contributed by atoms with Gasteiger partial charge in [-0.1, -0.05) is 6.42 Å². The van der Waals surface area contributed by atoms with Crippen molar-refractivity contribution in [3.8, 4) is 0 Å². The molecule has 0 spiro atoms. The average molecular weight is 373 g/mol. The third-order valence-corrected chi connectivity index (χ3v) is 6.98. The molecule has 3 aliphatic rings. The van der Waals surface area contributed by atoms with Gasteiger partial charge in [0.25, 0.3) is 0 Å². The summed E-state index contributed by atoms with van der Waals surface area (Å²) in [5.74, 6) is 1.56.